The number of pyridine rings is 1. The predicted molar refractivity (Wildman–Crippen MR) is 79.6 cm³/mol. The first-order valence-corrected chi connectivity index (χ1v) is 7.66. The molecule has 9 heteroatoms. The first-order valence-electron chi connectivity index (χ1n) is 7.66. The Labute approximate surface area is 137 Å². The van der Waals surface area contributed by atoms with E-state index >= 15 is 0 Å². The number of carbonyl (C=O) groups excluding carboxylic acids is 1. The van der Waals surface area contributed by atoms with Crippen LogP contribution >= 0.6 is 0 Å². The zero-order chi connectivity index (χ0) is 17.6. The highest BCUT2D eigenvalue weighted by Crippen LogP contribution is 2.17. The van der Waals surface area contributed by atoms with E-state index in [1.54, 1.807) is 11.0 Å². The molecule has 1 aliphatic heterocycles. The maximum absolute atomic E-state index is 12.1. The number of urea groups is 1. The number of nitrogens with one attached hydrogen (secondary N) is 1. The third-order valence-corrected chi connectivity index (χ3v) is 3.51. The summed E-state index contributed by atoms with van der Waals surface area (Å²) in [6.07, 6.45) is -2.21. The van der Waals surface area contributed by atoms with E-state index < -0.39 is 12.8 Å². The van der Waals surface area contributed by atoms with Crippen molar-refractivity contribution in [1.29, 1.82) is 0 Å². The summed E-state index contributed by atoms with van der Waals surface area (Å²) in [7, 11) is 0. The Morgan fingerprint density at radius 3 is 3.04 bits per heavy atom. The zero-order valence-electron chi connectivity index (χ0n) is 13.3. The summed E-state index contributed by atoms with van der Waals surface area (Å²) < 4.78 is 46.5. The molecule has 1 saturated heterocycles. The first-order chi connectivity index (χ1) is 11.4. The van der Waals surface area contributed by atoms with Gasteiger partial charge in [-0.25, -0.2) is 9.78 Å². The van der Waals surface area contributed by atoms with Gasteiger partial charge in [0.1, 0.15) is 0 Å². The lowest BCUT2D eigenvalue weighted by Gasteiger charge is -2.32. The summed E-state index contributed by atoms with van der Waals surface area (Å²) in [6.45, 7) is 2.30. The summed E-state index contributed by atoms with van der Waals surface area (Å²) >= 11 is 0. The Bertz CT molecular complexity index is 554. The van der Waals surface area contributed by atoms with Gasteiger partial charge >= 0.3 is 12.2 Å². The van der Waals surface area contributed by atoms with Crippen LogP contribution in [0.4, 0.5) is 18.0 Å². The van der Waals surface area contributed by atoms with Crippen molar-refractivity contribution < 1.29 is 27.4 Å². The molecule has 1 fully saturated rings. The minimum Gasteiger partial charge on any atom is -0.468 e. The third-order valence-electron chi connectivity index (χ3n) is 3.51. The maximum atomic E-state index is 12.1. The molecule has 1 aliphatic rings. The number of alkyl halides is 3. The van der Waals surface area contributed by atoms with Crippen LogP contribution in [0.1, 0.15) is 18.9 Å². The van der Waals surface area contributed by atoms with E-state index in [1.165, 1.54) is 12.3 Å². The van der Waals surface area contributed by atoms with Gasteiger partial charge in [0.25, 0.3) is 0 Å². The highest BCUT2D eigenvalue weighted by atomic mass is 19.4. The molecule has 134 valence electrons. The molecule has 0 bridgehead atoms. The van der Waals surface area contributed by atoms with Crippen LogP contribution < -0.4 is 10.1 Å². The number of rotatable bonds is 5. The predicted octanol–water partition coefficient (Wildman–Crippen LogP) is 2.34. The molecule has 1 aromatic rings. The molecule has 0 saturated carbocycles. The number of ether oxygens (including phenoxy) is 2. The molecule has 0 aliphatic carbocycles. The molecule has 2 rings (SSSR count). The van der Waals surface area contributed by atoms with Crippen LogP contribution in [0.25, 0.3) is 0 Å². The topological polar surface area (TPSA) is 63.7 Å². The molecule has 2 amide bonds. The zero-order valence-corrected chi connectivity index (χ0v) is 13.3. The lowest BCUT2D eigenvalue weighted by Crippen LogP contribution is -2.49. The van der Waals surface area contributed by atoms with Gasteiger partial charge in [0.15, 0.2) is 6.61 Å². The van der Waals surface area contributed by atoms with E-state index in [0.29, 0.717) is 25.3 Å². The van der Waals surface area contributed by atoms with E-state index in [2.05, 4.69) is 15.0 Å². The lowest BCUT2D eigenvalue weighted by atomic mass is 10.2. The summed E-state index contributed by atoms with van der Waals surface area (Å²) in [4.78, 5) is 17.5. The number of carbonyl (C=O) groups is 1. The molecular formula is C15H20F3N3O3. The van der Waals surface area contributed by atoms with Crippen LogP contribution in [-0.2, 0) is 11.3 Å². The summed E-state index contributed by atoms with van der Waals surface area (Å²) in [5, 5.41) is 2.74. The fourth-order valence-electron chi connectivity index (χ4n) is 2.24. The van der Waals surface area contributed by atoms with Crippen molar-refractivity contribution in [3.05, 3.63) is 23.9 Å². The molecule has 6 nitrogen and oxygen atoms in total. The average molecular weight is 347 g/mol. The lowest BCUT2D eigenvalue weighted by molar-refractivity contribution is -0.154. The van der Waals surface area contributed by atoms with Gasteiger partial charge in [-0.1, -0.05) is 6.92 Å². The van der Waals surface area contributed by atoms with Gasteiger partial charge in [-0.15, -0.1) is 0 Å². The van der Waals surface area contributed by atoms with Crippen molar-refractivity contribution >= 4 is 6.03 Å². The van der Waals surface area contributed by atoms with Crippen molar-refractivity contribution in [2.45, 2.75) is 32.2 Å². The van der Waals surface area contributed by atoms with Gasteiger partial charge < -0.3 is 19.7 Å². The van der Waals surface area contributed by atoms with Crippen LogP contribution in [0.2, 0.25) is 0 Å². The molecule has 1 N–H and O–H groups in total. The van der Waals surface area contributed by atoms with Gasteiger partial charge in [0.2, 0.25) is 5.88 Å². The third kappa shape index (κ3) is 5.88. The Morgan fingerprint density at radius 1 is 1.54 bits per heavy atom. The van der Waals surface area contributed by atoms with Crippen LogP contribution in [0.15, 0.2) is 18.3 Å². The number of aromatic nitrogens is 1. The second kappa shape index (κ2) is 8.18. The number of morpholine rings is 1. The van der Waals surface area contributed by atoms with Crippen LogP contribution in [-0.4, -0.2) is 54.5 Å². The fourth-order valence-corrected chi connectivity index (χ4v) is 2.24. The van der Waals surface area contributed by atoms with Crippen molar-refractivity contribution in [3.63, 3.8) is 0 Å². The fraction of sp³-hybridized carbons (Fsp3) is 0.600. The molecule has 0 unspecified atom stereocenters. The van der Waals surface area contributed by atoms with Gasteiger partial charge in [-0.05, 0) is 18.1 Å². The molecule has 1 aromatic heterocycles. The van der Waals surface area contributed by atoms with E-state index in [1.807, 2.05) is 6.92 Å². The van der Waals surface area contributed by atoms with E-state index in [4.69, 9.17) is 4.74 Å². The van der Waals surface area contributed by atoms with Crippen molar-refractivity contribution in [2.75, 3.05) is 26.3 Å². The molecule has 0 aromatic carbocycles. The second-order valence-corrected chi connectivity index (χ2v) is 5.41. The average Bonchev–Trinajstić information content (AvgIpc) is 2.57. The van der Waals surface area contributed by atoms with Crippen LogP contribution in [0.3, 0.4) is 0 Å². The van der Waals surface area contributed by atoms with E-state index in [-0.39, 0.29) is 24.6 Å². The Morgan fingerprint density at radius 2 is 2.33 bits per heavy atom. The number of hydrogen-bond acceptors (Lipinski definition) is 4. The summed E-state index contributed by atoms with van der Waals surface area (Å²) in [5.41, 5.74) is 0.607. The number of hydrogen-bond donors (Lipinski definition) is 1. The Balaban J connectivity index is 1.84. The Kier molecular flexibility index (Phi) is 6.24. The largest absolute Gasteiger partial charge is 0.468 e. The van der Waals surface area contributed by atoms with Gasteiger partial charge in [0, 0.05) is 31.9 Å². The van der Waals surface area contributed by atoms with Crippen molar-refractivity contribution in [3.8, 4) is 5.88 Å². The van der Waals surface area contributed by atoms with Gasteiger partial charge in [0.05, 0.1) is 12.7 Å². The number of halogens is 3. The quantitative estimate of drug-likeness (QED) is 0.888. The van der Waals surface area contributed by atoms with Crippen LogP contribution in [0, 0.1) is 0 Å². The number of amides is 2. The van der Waals surface area contributed by atoms with Crippen molar-refractivity contribution in [1.82, 2.24) is 15.2 Å². The smallest absolute Gasteiger partial charge is 0.422 e. The SMILES string of the molecule is CC[C@H]1CN(C(=O)NCc2ccnc(OCC(F)(F)F)c2)CCO1. The van der Waals surface area contributed by atoms with Crippen molar-refractivity contribution in [2.24, 2.45) is 0 Å². The summed E-state index contributed by atoms with van der Waals surface area (Å²) in [5.74, 6) is -0.128. The molecular weight excluding hydrogens is 327 g/mol. The van der Waals surface area contributed by atoms with Crippen LogP contribution in [0.5, 0.6) is 5.88 Å². The molecule has 2 heterocycles. The Hall–Kier alpha value is -2.03. The minimum absolute atomic E-state index is 0.0350. The van der Waals surface area contributed by atoms with Gasteiger partial charge in [-0.3, -0.25) is 0 Å². The first kappa shape index (κ1) is 18.3. The molecule has 0 radical (unpaired) electrons. The highest BCUT2D eigenvalue weighted by molar-refractivity contribution is 5.74. The summed E-state index contributed by atoms with van der Waals surface area (Å²) in [6, 6.07) is 2.75. The second-order valence-electron chi connectivity index (χ2n) is 5.41. The van der Waals surface area contributed by atoms with E-state index in [0.717, 1.165) is 6.42 Å². The minimum atomic E-state index is -4.42. The van der Waals surface area contributed by atoms with Gasteiger partial charge in [-0.2, -0.15) is 13.2 Å². The monoisotopic (exact) mass is 347 g/mol. The maximum Gasteiger partial charge on any atom is 0.422 e. The molecule has 0 spiro atoms. The standard InChI is InChI=1S/C15H20F3N3O3/c1-2-12-9-21(5-6-23-12)14(22)20-8-11-3-4-19-13(7-11)24-10-15(16,17)18/h3-4,7,12H,2,5-6,8-10H2,1H3,(H,20,22)/t12-/m0/s1. The number of nitrogens with zero attached hydrogens (tertiary/aromatic N) is 2. The highest BCUT2D eigenvalue weighted by Gasteiger charge is 2.28. The normalized spacial score (nSPS) is 18.3. The molecule has 24 heavy (non-hydrogen) atoms. The molecule has 1 atom stereocenters. The van der Waals surface area contributed by atoms with E-state index in [9.17, 15) is 18.0 Å².